The number of thioether (sulfide) groups is 1. The predicted molar refractivity (Wildman–Crippen MR) is 212 cm³/mol. The van der Waals surface area contributed by atoms with Crippen molar-refractivity contribution in [2.45, 2.75) is 114 Å². The van der Waals surface area contributed by atoms with Crippen LogP contribution in [0, 0.1) is 5.92 Å². The number of aromatic nitrogens is 3. The van der Waals surface area contributed by atoms with Gasteiger partial charge < -0.3 is 4.57 Å². The van der Waals surface area contributed by atoms with Crippen molar-refractivity contribution in [3.05, 3.63) is 77.0 Å². The fourth-order valence-corrected chi connectivity index (χ4v) is 11.3. The molecule has 0 amide bonds. The maximum absolute atomic E-state index is 13.5. The highest BCUT2D eigenvalue weighted by molar-refractivity contribution is 8.77. The molecule has 8 heteroatoms. The average molecular weight is 706 g/mol. The van der Waals surface area contributed by atoms with Crippen molar-refractivity contribution < 1.29 is 0 Å². The Morgan fingerprint density at radius 3 is 2.38 bits per heavy atom. The van der Waals surface area contributed by atoms with Crippen LogP contribution in [0.5, 0.6) is 0 Å². The van der Waals surface area contributed by atoms with E-state index in [1.807, 2.05) is 24.3 Å². The van der Waals surface area contributed by atoms with Crippen LogP contribution < -0.4 is 5.43 Å². The SMILES string of the molecule is CCCCCCn1c2ccc(SCCCCCCC(CCC)C3CCCSS3)c(=O)c-2cc2ccccc21.c1ccc2nsnc2c1. The molecule has 1 aromatic heterocycles. The topological polar surface area (TPSA) is 47.8 Å². The molecule has 252 valence electrons. The van der Waals surface area contributed by atoms with Crippen LogP contribution >= 0.6 is 45.1 Å². The lowest BCUT2D eigenvalue weighted by Gasteiger charge is -2.29. The number of benzene rings is 3. The van der Waals surface area contributed by atoms with E-state index in [0.29, 0.717) is 0 Å². The summed E-state index contributed by atoms with van der Waals surface area (Å²) in [7, 11) is 4.27. The molecule has 4 nitrogen and oxygen atoms in total. The van der Waals surface area contributed by atoms with Gasteiger partial charge in [0.1, 0.15) is 11.0 Å². The van der Waals surface area contributed by atoms with Crippen LogP contribution in [0.2, 0.25) is 0 Å². The molecule has 1 fully saturated rings. The zero-order valence-corrected chi connectivity index (χ0v) is 31.5. The number of pyridine rings is 1. The van der Waals surface area contributed by atoms with E-state index in [1.165, 1.54) is 105 Å². The molecule has 1 aliphatic carbocycles. The maximum Gasteiger partial charge on any atom is 0.201 e. The summed E-state index contributed by atoms with van der Waals surface area (Å²) < 4.78 is 10.5. The van der Waals surface area contributed by atoms with Crippen molar-refractivity contribution in [2.24, 2.45) is 5.92 Å². The van der Waals surface area contributed by atoms with Gasteiger partial charge in [-0.3, -0.25) is 4.79 Å². The summed E-state index contributed by atoms with van der Waals surface area (Å²) in [5.74, 6) is 3.30. The van der Waals surface area contributed by atoms with E-state index in [0.717, 1.165) is 57.1 Å². The zero-order chi connectivity index (χ0) is 32.7. The third-order valence-corrected chi connectivity index (χ3v) is 14.0. The number of para-hydroxylation sites is 1. The standard InChI is InChI=1S/C33H47NOS3.C6H4N2S/c1-3-5-6-12-22-34-29-18-11-10-17-27(29)25-28-30(34)20-21-32(33(28)35)36-23-13-8-7-9-16-26(15-4-2)31-19-14-24-37-38-31;1-2-4-6-5(3-1)7-9-8-6/h10-11,17-18,20-21,25-26,31H,3-9,12-16,19,22-24H2,1-2H3;1-4H. The summed E-state index contributed by atoms with van der Waals surface area (Å²) in [5.41, 5.74) is 5.39. The Morgan fingerprint density at radius 2 is 1.62 bits per heavy atom. The first-order chi connectivity index (χ1) is 23.2. The van der Waals surface area contributed by atoms with Crippen LogP contribution in [-0.2, 0) is 6.54 Å². The molecule has 0 saturated carbocycles. The van der Waals surface area contributed by atoms with E-state index in [1.54, 1.807) is 11.8 Å². The lowest BCUT2D eigenvalue weighted by molar-refractivity contribution is 0.396. The van der Waals surface area contributed by atoms with Gasteiger partial charge in [0, 0.05) is 28.6 Å². The van der Waals surface area contributed by atoms with Crippen molar-refractivity contribution in [2.75, 3.05) is 11.5 Å². The Labute approximate surface area is 298 Å². The van der Waals surface area contributed by atoms with Gasteiger partial charge in [0.2, 0.25) is 5.43 Å². The number of hydrogen-bond donors (Lipinski definition) is 0. The van der Waals surface area contributed by atoms with Crippen molar-refractivity contribution in [3.8, 4) is 11.3 Å². The number of aryl methyl sites for hydroxylation is 1. The molecule has 2 unspecified atom stereocenters. The van der Waals surface area contributed by atoms with Crippen LogP contribution in [0.15, 0.2) is 76.4 Å². The molecule has 0 radical (unpaired) electrons. The number of nitrogens with zero attached hydrogens (tertiary/aromatic N) is 3. The highest BCUT2D eigenvalue weighted by atomic mass is 33.1. The molecule has 0 spiro atoms. The molecule has 0 bridgehead atoms. The van der Waals surface area contributed by atoms with Crippen LogP contribution in [-0.4, -0.2) is 30.1 Å². The number of hydrogen-bond acceptors (Lipinski definition) is 7. The Balaban J connectivity index is 0.000000410. The zero-order valence-electron chi connectivity index (χ0n) is 28.2. The van der Waals surface area contributed by atoms with Crippen LogP contribution in [0.4, 0.5) is 0 Å². The predicted octanol–water partition coefficient (Wildman–Crippen LogP) is 12.4. The van der Waals surface area contributed by atoms with Crippen LogP contribution in [0.1, 0.15) is 97.3 Å². The monoisotopic (exact) mass is 705 g/mol. The number of rotatable bonds is 16. The summed E-state index contributed by atoms with van der Waals surface area (Å²) in [6, 6.07) is 22.8. The van der Waals surface area contributed by atoms with Gasteiger partial charge in [-0.25, -0.2) is 0 Å². The highest BCUT2D eigenvalue weighted by Crippen LogP contribution is 2.42. The fourth-order valence-electron chi connectivity index (χ4n) is 6.64. The molecule has 3 aliphatic rings. The van der Waals surface area contributed by atoms with Crippen molar-refractivity contribution in [3.63, 3.8) is 0 Å². The summed E-state index contributed by atoms with van der Waals surface area (Å²) >= 11 is 3.02. The molecular formula is C39H51N3OS4. The fraction of sp³-hybridized carbons (Fsp3) is 0.513. The van der Waals surface area contributed by atoms with E-state index < -0.39 is 0 Å². The molecule has 3 aromatic rings. The van der Waals surface area contributed by atoms with Gasteiger partial charge in [0.25, 0.3) is 0 Å². The molecule has 6 rings (SSSR count). The second-order valence-electron chi connectivity index (χ2n) is 12.7. The Morgan fingerprint density at radius 1 is 0.851 bits per heavy atom. The Hall–Kier alpha value is -2.00. The third kappa shape index (κ3) is 10.5. The minimum absolute atomic E-state index is 0.214. The van der Waals surface area contributed by atoms with Crippen molar-refractivity contribution in [1.29, 1.82) is 0 Å². The second-order valence-corrected chi connectivity index (χ2v) is 17.1. The molecule has 2 aromatic carbocycles. The Bertz CT molecular complexity index is 1630. The Kier molecular flexibility index (Phi) is 15.3. The van der Waals surface area contributed by atoms with Gasteiger partial charge in [-0.1, -0.05) is 111 Å². The van der Waals surface area contributed by atoms with E-state index in [4.69, 9.17) is 0 Å². The quantitative estimate of drug-likeness (QED) is 0.0441. The van der Waals surface area contributed by atoms with E-state index in [-0.39, 0.29) is 5.43 Å². The first kappa shape index (κ1) is 36.3. The van der Waals surface area contributed by atoms with Gasteiger partial charge >= 0.3 is 0 Å². The summed E-state index contributed by atoms with van der Waals surface area (Å²) in [6.45, 7) is 5.57. The molecule has 47 heavy (non-hydrogen) atoms. The lowest BCUT2D eigenvalue weighted by Crippen LogP contribution is -2.19. The number of fused-ring (bicyclic) bond motifs is 3. The molecular weight excluding hydrogens is 655 g/mol. The minimum atomic E-state index is 0.214. The van der Waals surface area contributed by atoms with Gasteiger partial charge in [-0.05, 0) is 92.0 Å². The minimum Gasteiger partial charge on any atom is -0.340 e. The van der Waals surface area contributed by atoms with Gasteiger partial charge in [-0.15, -0.1) is 11.8 Å². The first-order valence-corrected chi connectivity index (χ1v) is 21.9. The molecule has 3 heterocycles. The van der Waals surface area contributed by atoms with Crippen molar-refractivity contribution >= 4 is 67.0 Å². The molecule has 1 saturated heterocycles. The van der Waals surface area contributed by atoms with E-state index in [9.17, 15) is 4.79 Å². The van der Waals surface area contributed by atoms with E-state index in [2.05, 4.69) is 91.2 Å². The summed E-state index contributed by atoms with van der Waals surface area (Å²) in [5, 5.41) is 2.06. The van der Waals surface area contributed by atoms with Gasteiger partial charge in [0.05, 0.1) is 22.3 Å². The van der Waals surface area contributed by atoms with E-state index >= 15 is 0 Å². The first-order valence-electron chi connectivity index (χ1n) is 17.8. The van der Waals surface area contributed by atoms with Crippen LogP contribution in [0.25, 0.3) is 33.2 Å². The van der Waals surface area contributed by atoms with Gasteiger partial charge in [0.15, 0.2) is 0 Å². The largest absolute Gasteiger partial charge is 0.340 e. The average Bonchev–Trinajstić information content (AvgIpc) is 3.60. The normalized spacial score (nSPS) is 15.6. The third-order valence-electron chi connectivity index (χ3n) is 9.17. The van der Waals surface area contributed by atoms with Crippen molar-refractivity contribution in [1.82, 2.24) is 13.3 Å². The lowest BCUT2D eigenvalue weighted by atomic mass is 9.91. The smallest absolute Gasteiger partial charge is 0.201 e. The maximum atomic E-state index is 13.5. The molecule has 0 N–H and O–H groups in total. The molecule has 2 atom stereocenters. The second kappa shape index (κ2) is 19.9. The highest BCUT2D eigenvalue weighted by Gasteiger charge is 2.23. The molecule has 2 aliphatic heterocycles. The van der Waals surface area contributed by atoms with Gasteiger partial charge in [-0.2, -0.15) is 8.75 Å². The summed E-state index contributed by atoms with van der Waals surface area (Å²) in [4.78, 5) is 14.4. The number of unbranched alkanes of at least 4 members (excludes halogenated alkanes) is 6. The van der Waals surface area contributed by atoms with Crippen LogP contribution in [0.3, 0.4) is 0 Å². The summed E-state index contributed by atoms with van der Waals surface area (Å²) in [6.07, 6.45) is 17.0.